The topological polar surface area (TPSA) is 71.5 Å². The van der Waals surface area contributed by atoms with Gasteiger partial charge in [0, 0.05) is 44.8 Å². The van der Waals surface area contributed by atoms with Gasteiger partial charge < -0.3 is 28.9 Å². The quantitative estimate of drug-likeness (QED) is 0.181. The summed E-state index contributed by atoms with van der Waals surface area (Å²) in [6.07, 6.45) is -7.95. The van der Waals surface area contributed by atoms with Crippen LogP contribution in [0.1, 0.15) is 57.4 Å². The number of carbonyl (C=O) groups excluding carboxylic acids is 2. The van der Waals surface area contributed by atoms with Crippen molar-refractivity contribution in [1.29, 1.82) is 0 Å². The van der Waals surface area contributed by atoms with Crippen LogP contribution >= 0.6 is 35.6 Å². The second kappa shape index (κ2) is 18.0. The molecule has 2 amide bonds. The largest absolute Gasteiger partial charge is 0.416 e. The van der Waals surface area contributed by atoms with Gasteiger partial charge in [0.25, 0.3) is 5.91 Å². The first-order valence-electron chi connectivity index (χ1n) is 18.3. The molecule has 2 heterocycles. The Morgan fingerprint density at radius 2 is 1.60 bits per heavy atom. The van der Waals surface area contributed by atoms with Gasteiger partial charge in [-0.3, -0.25) is 9.59 Å². The zero-order valence-electron chi connectivity index (χ0n) is 31.4. The number of alkyl halides is 6. The molecule has 0 bridgehead atoms. The summed E-state index contributed by atoms with van der Waals surface area (Å²) in [6, 6.07) is 14.0. The lowest BCUT2D eigenvalue weighted by Gasteiger charge is -2.46. The van der Waals surface area contributed by atoms with E-state index in [4.69, 9.17) is 37.4 Å². The Kier molecular flexibility index (Phi) is 14.2. The molecule has 8 nitrogen and oxygen atoms in total. The molecule has 0 aromatic heterocycles. The number of benzene rings is 3. The Bertz CT molecular complexity index is 1880. The first-order chi connectivity index (χ1) is 26.5. The lowest BCUT2D eigenvalue weighted by molar-refractivity contribution is -0.143. The van der Waals surface area contributed by atoms with Crippen molar-refractivity contribution in [2.45, 2.75) is 55.2 Å². The summed E-state index contributed by atoms with van der Waals surface area (Å²) in [5.41, 5.74) is -2.43. The van der Waals surface area contributed by atoms with Gasteiger partial charge in [0.2, 0.25) is 5.91 Å². The lowest BCUT2D eigenvalue weighted by atomic mass is 9.72. The molecule has 2 atom stereocenters. The molecule has 3 aliphatic rings. The number of fused-ring (bicyclic) bond motifs is 2. The number of hydrogen-bond donors (Lipinski definition) is 0. The fraction of sp³-hybridized carbons (Fsp3) is 0.500. The predicted octanol–water partition coefficient (Wildman–Crippen LogP) is 8.29. The normalized spacial score (nSPS) is 20.9. The molecule has 1 aliphatic carbocycles. The highest BCUT2D eigenvalue weighted by molar-refractivity contribution is 6.42. The van der Waals surface area contributed by atoms with Gasteiger partial charge in [-0.05, 0) is 85.8 Å². The molecule has 312 valence electrons. The SMILES string of the molecule is COCCN(C)C(=O)CO[C@H]1Cc2ccccc2C12CCN(CC[C@@]1(c3ccc(Cl)c(Cl)c3)CN(C(=O)c3cc(C(F)(F)F)cc(C(F)(F)F)c3)CCO1)CC2.Cl. The van der Waals surface area contributed by atoms with E-state index in [2.05, 4.69) is 17.0 Å². The molecular formula is C40H44Cl3F6N3O5. The molecule has 57 heavy (non-hydrogen) atoms. The molecule has 2 fully saturated rings. The van der Waals surface area contributed by atoms with Crippen molar-refractivity contribution >= 4 is 47.4 Å². The molecule has 2 aliphatic heterocycles. The summed E-state index contributed by atoms with van der Waals surface area (Å²) in [4.78, 5) is 31.8. The highest BCUT2D eigenvalue weighted by Crippen LogP contribution is 2.48. The number of hydrogen-bond acceptors (Lipinski definition) is 6. The Morgan fingerprint density at radius 1 is 0.930 bits per heavy atom. The summed E-state index contributed by atoms with van der Waals surface area (Å²) in [5.74, 6) is -1.12. The number of ether oxygens (including phenoxy) is 3. The van der Waals surface area contributed by atoms with Gasteiger partial charge in [-0.2, -0.15) is 26.3 Å². The Labute approximate surface area is 343 Å². The monoisotopic (exact) mass is 865 g/mol. The summed E-state index contributed by atoms with van der Waals surface area (Å²) in [6.45, 7) is 2.38. The van der Waals surface area contributed by atoms with Crippen molar-refractivity contribution in [3.63, 3.8) is 0 Å². The van der Waals surface area contributed by atoms with Crippen LogP contribution in [0.3, 0.4) is 0 Å². The Morgan fingerprint density at radius 3 is 2.23 bits per heavy atom. The van der Waals surface area contributed by atoms with Gasteiger partial charge in [-0.25, -0.2) is 0 Å². The van der Waals surface area contributed by atoms with E-state index in [1.54, 1.807) is 37.3 Å². The maximum absolute atomic E-state index is 13.8. The highest BCUT2D eigenvalue weighted by atomic mass is 35.5. The van der Waals surface area contributed by atoms with Crippen LogP contribution in [0.25, 0.3) is 0 Å². The van der Waals surface area contributed by atoms with Gasteiger partial charge in [0.05, 0.1) is 47.0 Å². The van der Waals surface area contributed by atoms with E-state index in [1.165, 1.54) is 16.0 Å². The Balaban J connectivity index is 0.00000620. The van der Waals surface area contributed by atoms with Crippen molar-refractivity contribution in [1.82, 2.24) is 14.7 Å². The van der Waals surface area contributed by atoms with Crippen LogP contribution in [0.5, 0.6) is 0 Å². The molecule has 0 saturated carbocycles. The van der Waals surface area contributed by atoms with Crippen LogP contribution in [-0.4, -0.2) is 106 Å². The number of methoxy groups -OCH3 is 1. The number of halogens is 9. The molecule has 6 rings (SSSR count). The summed E-state index contributed by atoms with van der Waals surface area (Å²) in [5, 5.41) is 0.494. The molecule has 1 spiro atoms. The number of carbonyl (C=O) groups is 2. The van der Waals surface area contributed by atoms with Gasteiger partial charge in [0.1, 0.15) is 12.2 Å². The maximum Gasteiger partial charge on any atom is 0.416 e. The molecule has 0 N–H and O–H groups in total. The van der Waals surface area contributed by atoms with E-state index in [0.717, 1.165) is 12.8 Å². The molecule has 0 unspecified atom stereocenters. The van der Waals surface area contributed by atoms with Gasteiger partial charge in [0.15, 0.2) is 0 Å². The van der Waals surface area contributed by atoms with E-state index in [9.17, 15) is 35.9 Å². The number of morpholine rings is 1. The minimum absolute atomic E-state index is 0. The average molecular weight is 867 g/mol. The number of piperidine rings is 1. The van der Waals surface area contributed by atoms with Crippen LogP contribution in [0.2, 0.25) is 10.0 Å². The minimum Gasteiger partial charge on any atom is -0.383 e. The Hall–Kier alpha value is -3.11. The third kappa shape index (κ3) is 9.86. The fourth-order valence-electron chi connectivity index (χ4n) is 8.18. The third-order valence-corrected chi connectivity index (χ3v) is 12.1. The summed E-state index contributed by atoms with van der Waals surface area (Å²) >= 11 is 12.7. The maximum atomic E-state index is 13.8. The van der Waals surface area contributed by atoms with E-state index < -0.39 is 40.6 Å². The molecule has 0 radical (unpaired) electrons. The van der Waals surface area contributed by atoms with Crippen molar-refractivity contribution in [2.75, 3.05) is 73.2 Å². The summed E-state index contributed by atoms with van der Waals surface area (Å²) < 4.78 is 100. The summed E-state index contributed by atoms with van der Waals surface area (Å²) in [7, 11) is 3.29. The number of likely N-dealkylation sites (N-methyl/N-ethyl adjacent to an activating group) is 1. The van der Waals surface area contributed by atoms with E-state index in [1.807, 2.05) is 12.1 Å². The highest BCUT2D eigenvalue weighted by Gasteiger charge is 2.50. The number of amides is 2. The van der Waals surface area contributed by atoms with E-state index in [0.29, 0.717) is 63.3 Å². The van der Waals surface area contributed by atoms with Crippen molar-refractivity contribution < 1.29 is 50.1 Å². The van der Waals surface area contributed by atoms with Gasteiger partial charge in [-0.15, -0.1) is 12.4 Å². The third-order valence-electron chi connectivity index (χ3n) is 11.4. The lowest BCUT2D eigenvalue weighted by Crippen LogP contribution is -2.54. The van der Waals surface area contributed by atoms with Crippen molar-refractivity contribution in [2.24, 2.45) is 0 Å². The predicted molar refractivity (Wildman–Crippen MR) is 205 cm³/mol. The second-order valence-electron chi connectivity index (χ2n) is 14.7. The van der Waals surface area contributed by atoms with Crippen molar-refractivity contribution in [3.8, 4) is 0 Å². The first kappa shape index (κ1) is 45.0. The molecule has 17 heteroatoms. The average Bonchev–Trinajstić information content (AvgIpc) is 3.47. The zero-order chi connectivity index (χ0) is 40.5. The smallest absolute Gasteiger partial charge is 0.383 e. The van der Waals surface area contributed by atoms with E-state index in [-0.39, 0.29) is 72.2 Å². The first-order valence-corrected chi connectivity index (χ1v) is 19.0. The van der Waals surface area contributed by atoms with Crippen LogP contribution in [0.15, 0.2) is 60.7 Å². The van der Waals surface area contributed by atoms with Crippen LogP contribution in [0, 0.1) is 0 Å². The number of nitrogens with zero attached hydrogens (tertiary/aromatic N) is 3. The van der Waals surface area contributed by atoms with Gasteiger partial charge >= 0.3 is 12.4 Å². The van der Waals surface area contributed by atoms with Crippen LogP contribution < -0.4 is 0 Å². The van der Waals surface area contributed by atoms with Crippen molar-refractivity contribution in [3.05, 3.63) is 104 Å². The zero-order valence-corrected chi connectivity index (χ0v) is 33.7. The molecule has 3 aromatic rings. The van der Waals surface area contributed by atoms with Gasteiger partial charge in [-0.1, -0.05) is 53.5 Å². The standard InChI is InChI=1S/C40H43Cl2F6N3O5.ClH/c1-49(15-17-54-2)35(52)24-55-34-21-26-5-3-4-6-31(26)37(34)9-12-50(13-10-37)14-11-38(28-7-8-32(41)33(42)23-28)25-51(16-18-56-38)36(53)27-19-29(39(43,44)45)22-30(20-27)40(46,47)48;/h3-8,19-20,22-23,34H,9-18,21,24-25H2,1-2H3;1H/t34-,38-;/m0./s1. The van der Waals surface area contributed by atoms with E-state index >= 15 is 0 Å². The molecule has 2 saturated heterocycles. The van der Waals surface area contributed by atoms with Crippen LogP contribution in [-0.2, 0) is 48.8 Å². The molecular weight excluding hydrogens is 823 g/mol. The number of likely N-dealkylation sites (tertiary alicyclic amines) is 1. The fourth-order valence-corrected chi connectivity index (χ4v) is 8.48. The molecule has 3 aromatic carbocycles. The van der Waals surface area contributed by atoms with Crippen LogP contribution in [0.4, 0.5) is 26.3 Å². The number of rotatable bonds is 11. The second-order valence-corrected chi connectivity index (χ2v) is 15.5. The minimum atomic E-state index is -5.11.